The van der Waals surface area contributed by atoms with E-state index in [2.05, 4.69) is 24.3 Å². The molecule has 0 fully saturated rings. The zero-order valence-corrected chi connectivity index (χ0v) is 15.4. The maximum Gasteiger partial charge on any atom is 0.265 e. The van der Waals surface area contributed by atoms with Crippen molar-refractivity contribution >= 4 is 33.1 Å². The van der Waals surface area contributed by atoms with E-state index in [1.165, 1.54) is 11.3 Å². The summed E-state index contributed by atoms with van der Waals surface area (Å²) in [5.41, 5.74) is 7.16. The Bertz CT molecular complexity index is 881. The van der Waals surface area contributed by atoms with Gasteiger partial charge in [0.25, 0.3) is 5.91 Å². The number of carbonyl (C=O) groups excluding carboxylic acids is 1. The van der Waals surface area contributed by atoms with Crippen LogP contribution in [-0.2, 0) is 7.05 Å². The summed E-state index contributed by atoms with van der Waals surface area (Å²) in [5, 5.41) is 8.52. The number of aryl methyl sites for hydroxylation is 1. The molecule has 132 valence electrons. The lowest BCUT2D eigenvalue weighted by Gasteiger charge is -2.07. The third kappa shape index (κ3) is 3.67. The van der Waals surface area contributed by atoms with Crippen LogP contribution in [-0.4, -0.2) is 28.8 Å². The van der Waals surface area contributed by atoms with E-state index in [4.69, 9.17) is 10.5 Å². The number of nitrogens with one attached hydrogen (secondary N) is 1. The topological polar surface area (TPSA) is 82.2 Å². The Morgan fingerprint density at radius 3 is 2.72 bits per heavy atom. The Morgan fingerprint density at radius 1 is 1.36 bits per heavy atom. The van der Waals surface area contributed by atoms with E-state index < -0.39 is 0 Å². The van der Waals surface area contributed by atoms with Gasteiger partial charge in [0.1, 0.15) is 17.2 Å². The minimum Gasteiger partial charge on any atom is -0.492 e. The first-order valence-electron chi connectivity index (χ1n) is 8.20. The average Bonchev–Trinajstić information content (AvgIpc) is 3.15. The van der Waals surface area contributed by atoms with Crippen LogP contribution < -0.4 is 15.8 Å². The van der Waals surface area contributed by atoms with Crippen molar-refractivity contribution in [3.63, 3.8) is 0 Å². The molecule has 3 rings (SSSR count). The minimum atomic E-state index is -0.119. The van der Waals surface area contributed by atoms with Gasteiger partial charge in [0, 0.05) is 24.7 Å². The number of rotatable bonds is 6. The number of aromatic nitrogens is 2. The largest absolute Gasteiger partial charge is 0.492 e. The van der Waals surface area contributed by atoms with Gasteiger partial charge in [-0.05, 0) is 36.2 Å². The summed E-state index contributed by atoms with van der Waals surface area (Å²) in [5.74, 6) is 0.930. The number of carbonyl (C=O) groups is 1. The highest BCUT2D eigenvalue weighted by Gasteiger charge is 2.18. The number of nitrogens with zero attached hydrogens (tertiary/aromatic N) is 2. The third-order valence-corrected chi connectivity index (χ3v) is 5.01. The molecule has 0 spiro atoms. The molecule has 1 aromatic carbocycles. The van der Waals surface area contributed by atoms with E-state index in [0.717, 1.165) is 27.3 Å². The Morgan fingerprint density at radius 2 is 2.08 bits per heavy atom. The first-order valence-corrected chi connectivity index (χ1v) is 9.02. The van der Waals surface area contributed by atoms with E-state index in [1.54, 1.807) is 0 Å². The van der Waals surface area contributed by atoms with Gasteiger partial charge in [-0.25, -0.2) is 0 Å². The number of thiophene rings is 1. The second-order valence-electron chi connectivity index (χ2n) is 6.11. The van der Waals surface area contributed by atoms with Crippen molar-refractivity contribution in [2.24, 2.45) is 12.8 Å². The van der Waals surface area contributed by atoms with Crippen molar-refractivity contribution in [2.75, 3.05) is 18.5 Å². The summed E-state index contributed by atoms with van der Waals surface area (Å²) in [6, 6.07) is 9.20. The molecule has 0 bridgehead atoms. The maximum atomic E-state index is 12.6. The van der Waals surface area contributed by atoms with Crippen molar-refractivity contribution in [2.45, 2.75) is 19.8 Å². The first kappa shape index (κ1) is 17.4. The number of hydrogen-bond acceptors (Lipinski definition) is 5. The van der Waals surface area contributed by atoms with Crippen molar-refractivity contribution in [1.82, 2.24) is 9.78 Å². The van der Waals surface area contributed by atoms with Crippen LogP contribution in [0, 0.1) is 0 Å². The van der Waals surface area contributed by atoms with Crippen LogP contribution in [0.25, 0.3) is 10.2 Å². The number of benzene rings is 1. The summed E-state index contributed by atoms with van der Waals surface area (Å²) in [4.78, 5) is 14.2. The zero-order chi connectivity index (χ0) is 18.0. The predicted octanol–water partition coefficient (Wildman–Crippen LogP) is 3.35. The van der Waals surface area contributed by atoms with Crippen LogP contribution in [0.1, 0.15) is 35.1 Å². The van der Waals surface area contributed by atoms with E-state index in [-0.39, 0.29) is 5.91 Å². The Labute approximate surface area is 150 Å². The zero-order valence-electron chi connectivity index (χ0n) is 14.6. The van der Waals surface area contributed by atoms with Crippen LogP contribution in [0.3, 0.4) is 0 Å². The maximum absolute atomic E-state index is 12.6. The van der Waals surface area contributed by atoms with Gasteiger partial charge in [0.05, 0.1) is 10.6 Å². The SMILES string of the molecule is CC(C)c1nn(C)c2sc(C(=O)Nc3ccc(OCCN)cc3)cc12. The van der Waals surface area contributed by atoms with Gasteiger partial charge in [0.2, 0.25) is 0 Å². The van der Waals surface area contributed by atoms with Gasteiger partial charge >= 0.3 is 0 Å². The summed E-state index contributed by atoms with van der Waals surface area (Å²) < 4.78 is 7.28. The van der Waals surface area contributed by atoms with E-state index in [9.17, 15) is 4.79 Å². The van der Waals surface area contributed by atoms with Crippen LogP contribution in [0.4, 0.5) is 5.69 Å². The molecule has 25 heavy (non-hydrogen) atoms. The monoisotopic (exact) mass is 358 g/mol. The summed E-state index contributed by atoms with van der Waals surface area (Å²) in [6.07, 6.45) is 0. The number of nitrogens with two attached hydrogens (primary N) is 1. The molecule has 3 aromatic rings. The fraction of sp³-hybridized carbons (Fsp3) is 0.333. The highest BCUT2D eigenvalue weighted by atomic mass is 32.1. The van der Waals surface area contributed by atoms with Gasteiger partial charge in [-0.3, -0.25) is 9.48 Å². The molecule has 1 amide bonds. The highest BCUT2D eigenvalue weighted by molar-refractivity contribution is 7.20. The van der Waals surface area contributed by atoms with E-state index in [0.29, 0.717) is 23.9 Å². The lowest BCUT2D eigenvalue weighted by atomic mass is 10.1. The molecule has 0 aliphatic rings. The summed E-state index contributed by atoms with van der Waals surface area (Å²) >= 11 is 1.45. The van der Waals surface area contributed by atoms with Gasteiger partial charge < -0.3 is 15.8 Å². The van der Waals surface area contributed by atoms with Crippen molar-refractivity contribution in [3.8, 4) is 5.75 Å². The first-order chi connectivity index (χ1) is 12.0. The van der Waals surface area contributed by atoms with Crippen LogP contribution in [0.2, 0.25) is 0 Å². The molecule has 6 nitrogen and oxygen atoms in total. The van der Waals surface area contributed by atoms with Gasteiger partial charge in [0.15, 0.2) is 0 Å². The fourth-order valence-corrected chi connectivity index (χ4v) is 3.58. The number of ether oxygens (including phenoxy) is 1. The molecule has 7 heteroatoms. The molecular weight excluding hydrogens is 336 g/mol. The average molecular weight is 358 g/mol. The standard InChI is InChI=1S/C18H22N4O2S/c1-11(2)16-14-10-15(25-18(14)22(3)21-16)17(23)20-12-4-6-13(7-5-12)24-9-8-19/h4-7,10-11H,8-9,19H2,1-3H3,(H,20,23). The van der Waals surface area contributed by atoms with E-state index >= 15 is 0 Å². The normalized spacial score (nSPS) is 11.2. The molecule has 0 saturated heterocycles. The van der Waals surface area contributed by atoms with Gasteiger partial charge in [-0.1, -0.05) is 13.8 Å². The smallest absolute Gasteiger partial charge is 0.265 e. The summed E-state index contributed by atoms with van der Waals surface area (Å²) in [7, 11) is 1.91. The van der Waals surface area contributed by atoms with Gasteiger partial charge in [-0.2, -0.15) is 5.10 Å². The Balaban J connectivity index is 1.77. The van der Waals surface area contributed by atoms with E-state index in [1.807, 2.05) is 42.1 Å². The summed E-state index contributed by atoms with van der Waals surface area (Å²) in [6.45, 7) is 5.15. The predicted molar refractivity (Wildman–Crippen MR) is 102 cm³/mol. The molecule has 0 atom stereocenters. The van der Waals surface area contributed by atoms with Crippen molar-refractivity contribution in [3.05, 3.63) is 40.9 Å². The molecular formula is C18H22N4O2S. The number of hydrogen-bond donors (Lipinski definition) is 2. The van der Waals surface area contributed by atoms with Gasteiger partial charge in [-0.15, -0.1) is 11.3 Å². The third-order valence-electron chi connectivity index (χ3n) is 3.81. The number of fused-ring (bicyclic) bond motifs is 1. The van der Waals surface area contributed by atoms with Crippen LogP contribution in [0.15, 0.2) is 30.3 Å². The van der Waals surface area contributed by atoms with Crippen molar-refractivity contribution in [1.29, 1.82) is 0 Å². The Hall–Kier alpha value is -2.38. The number of amides is 1. The molecule has 0 saturated carbocycles. The molecule has 0 radical (unpaired) electrons. The van der Waals surface area contributed by atoms with Crippen LogP contribution >= 0.6 is 11.3 Å². The highest BCUT2D eigenvalue weighted by Crippen LogP contribution is 2.32. The molecule has 0 aliphatic carbocycles. The molecule has 0 aliphatic heterocycles. The minimum absolute atomic E-state index is 0.119. The molecule has 0 unspecified atom stereocenters. The molecule has 2 aromatic heterocycles. The lowest BCUT2D eigenvalue weighted by Crippen LogP contribution is -2.11. The Kier molecular flexibility index (Phi) is 5.06. The molecule has 2 heterocycles. The number of anilines is 1. The quantitative estimate of drug-likeness (QED) is 0.708. The lowest BCUT2D eigenvalue weighted by molar-refractivity contribution is 0.103. The van der Waals surface area contributed by atoms with Crippen LogP contribution in [0.5, 0.6) is 5.75 Å². The second kappa shape index (κ2) is 7.25. The second-order valence-corrected chi connectivity index (χ2v) is 7.14. The van der Waals surface area contributed by atoms with Crippen molar-refractivity contribution < 1.29 is 9.53 Å². The fourth-order valence-electron chi connectivity index (χ4n) is 2.61. The molecule has 3 N–H and O–H groups in total.